The molecule has 0 spiro atoms. The van der Waals surface area contributed by atoms with Crippen molar-refractivity contribution >= 4 is 0 Å². The van der Waals surface area contributed by atoms with Crippen molar-refractivity contribution in [3.05, 3.63) is 41.5 Å². The second-order valence-electron chi connectivity index (χ2n) is 3.32. The Morgan fingerprint density at radius 1 is 1.33 bits per heavy atom. The summed E-state index contributed by atoms with van der Waals surface area (Å²) >= 11 is 0. The number of hydrogen-bond acceptors (Lipinski definition) is 2. The molecular formula is C11H11FN2O. The van der Waals surface area contributed by atoms with Gasteiger partial charge in [0, 0.05) is 11.3 Å². The second kappa shape index (κ2) is 3.82. The first-order valence-corrected chi connectivity index (χ1v) is 4.63. The Labute approximate surface area is 86.6 Å². The summed E-state index contributed by atoms with van der Waals surface area (Å²) in [5, 5.41) is 8.98. The second-order valence-corrected chi connectivity index (χ2v) is 3.32. The number of aliphatic hydroxyl groups is 1. The number of aromatic amines is 1. The summed E-state index contributed by atoms with van der Waals surface area (Å²) in [5.74, 6) is 0.376. The SMILES string of the molecule is Cc1[nH]c(-c2ccc(F)cc2)nc1CO. The van der Waals surface area contributed by atoms with Crippen molar-refractivity contribution in [2.24, 2.45) is 0 Å². The van der Waals surface area contributed by atoms with Crippen molar-refractivity contribution in [1.82, 2.24) is 9.97 Å². The topological polar surface area (TPSA) is 48.9 Å². The molecule has 0 radical (unpaired) electrons. The van der Waals surface area contributed by atoms with Crippen molar-refractivity contribution in [2.75, 3.05) is 0 Å². The summed E-state index contributed by atoms with van der Waals surface area (Å²) in [7, 11) is 0. The molecule has 4 heteroatoms. The van der Waals surface area contributed by atoms with Gasteiger partial charge in [-0.15, -0.1) is 0 Å². The molecule has 0 aliphatic rings. The summed E-state index contributed by atoms with van der Waals surface area (Å²) in [6, 6.07) is 6.06. The monoisotopic (exact) mass is 206 g/mol. The van der Waals surface area contributed by atoms with Gasteiger partial charge in [0.15, 0.2) is 0 Å². The van der Waals surface area contributed by atoms with E-state index in [1.807, 2.05) is 6.92 Å². The molecule has 0 saturated heterocycles. The molecule has 1 heterocycles. The number of imidazole rings is 1. The first-order valence-electron chi connectivity index (χ1n) is 4.63. The summed E-state index contributed by atoms with van der Waals surface area (Å²) < 4.78 is 12.7. The van der Waals surface area contributed by atoms with Crippen LogP contribution >= 0.6 is 0 Å². The van der Waals surface area contributed by atoms with Crippen LogP contribution in [0.2, 0.25) is 0 Å². The standard InChI is InChI=1S/C11H11FN2O/c1-7-10(6-15)14-11(13-7)8-2-4-9(12)5-3-8/h2-5,15H,6H2,1H3,(H,13,14). The van der Waals surface area contributed by atoms with Crippen LogP contribution in [0.1, 0.15) is 11.4 Å². The van der Waals surface area contributed by atoms with Crippen LogP contribution in [0.3, 0.4) is 0 Å². The van der Waals surface area contributed by atoms with Gasteiger partial charge in [-0.05, 0) is 31.2 Å². The Balaban J connectivity index is 2.41. The lowest BCUT2D eigenvalue weighted by molar-refractivity contribution is 0.276. The average Bonchev–Trinajstić information content (AvgIpc) is 2.61. The molecule has 0 aliphatic heterocycles. The number of hydrogen-bond donors (Lipinski definition) is 2. The van der Waals surface area contributed by atoms with E-state index < -0.39 is 0 Å². The quantitative estimate of drug-likeness (QED) is 0.789. The number of aryl methyl sites for hydroxylation is 1. The lowest BCUT2D eigenvalue weighted by Gasteiger charge is -1.95. The molecule has 78 valence electrons. The zero-order valence-electron chi connectivity index (χ0n) is 8.29. The number of nitrogens with zero attached hydrogens (tertiary/aromatic N) is 1. The Kier molecular flexibility index (Phi) is 2.51. The molecule has 2 N–H and O–H groups in total. The van der Waals surface area contributed by atoms with E-state index in [9.17, 15) is 4.39 Å². The van der Waals surface area contributed by atoms with E-state index in [1.165, 1.54) is 12.1 Å². The van der Waals surface area contributed by atoms with Crippen LogP contribution in [-0.2, 0) is 6.61 Å². The molecule has 2 aromatic rings. The van der Waals surface area contributed by atoms with Gasteiger partial charge in [0.25, 0.3) is 0 Å². The maximum atomic E-state index is 12.7. The summed E-state index contributed by atoms with van der Waals surface area (Å²) in [6.45, 7) is 1.75. The predicted molar refractivity (Wildman–Crippen MR) is 54.6 cm³/mol. The largest absolute Gasteiger partial charge is 0.390 e. The van der Waals surface area contributed by atoms with Crippen LogP contribution in [0, 0.1) is 12.7 Å². The van der Waals surface area contributed by atoms with Gasteiger partial charge in [0.2, 0.25) is 0 Å². The lowest BCUT2D eigenvalue weighted by atomic mass is 10.2. The van der Waals surface area contributed by atoms with Crippen molar-refractivity contribution in [1.29, 1.82) is 0 Å². The molecule has 0 unspecified atom stereocenters. The van der Waals surface area contributed by atoms with E-state index in [0.29, 0.717) is 11.5 Å². The van der Waals surface area contributed by atoms with Gasteiger partial charge < -0.3 is 10.1 Å². The molecule has 0 fully saturated rings. The van der Waals surface area contributed by atoms with Crippen LogP contribution < -0.4 is 0 Å². The number of halogens is 1. The molecule has 2 rings (SSSR count). The van der Waals surface area contributed by atoms with Crippen LogP contribution in [0.25, 0.3) is 11.4 Å². The van der Waals surface area contributed by atoms with Crippen LogP contribution in [0.15, 0.2) is 24.3 Å². The minimum absolute atomic E-state index is 0.0937. The molecule has 1 aromatic carbocycles. The minimum atomic E-state index is -0.274. The van der Waals surface area contributed by atoms with Crippen molar-refractivity contribution in [3.63, 3.8) is 0 Å². The highest BCUT2D eigenvalue weighted by molar-refractivity contribution is 5.55. The number of H-pyrrole nitrogens is 1. The number of rotatable bonds is 2. The van der Waals surface area contributed by atoms with Gasteiger partial charge in [0.05, 0.1) is 12.3 Å². The first kappa shape index (κ1) is 9.86. The third kappa shape index (κ3) is 1.89. The highest BCUT2D eigenvalue weighted by atomic mass is 19.1. The highest BCUT2D eigenvalue weighted by Crippen LogP contribution is 2.18. The molecule has 0 saturated carbocycles. The maximum absolute atomic E-state index is 12.7. The van der Waals surface area contributed by atoms with Crippen molar-refractivity contribution in [2.45, 2.75) is 13.5 Å². The van der Waals surface area contributed by atoms with Gasteiger partial charge in [-0.1, -0.05) is 0 Å². The van der Waals surface area contributed by atoms with Gasteiger partial charge in [-0.25, -0.2) is 9.37 Å². The fourth-order valence-corrected chi connectivity index (χ4v) is 1.39. The fraction of sp³-hybridized carbons (Fsp3) is 0.182. The van der Waals surface area contributed by atoms with E-state index in [-0.39, 0.29) is 12.4 Å². The Bertz CT molecular complexity index is 462. The van der Waals surface area contributed by atoms with Crippen LogP contribution in [0.4, 0.5) is 4.39 Å². The molecule has 0 amide bonds. The first-order chi connectivity index (χ1) is 7.20. The fourth-order valence-electron chi connectivity index (χ4n) is 1.39. The van der Waals surface area contributed by atoms with Crippen LogP contribution in [-0.4, -0.2) is 15.1 Å². The Hall–Kier alpha value is -1.68. The van der Waals surface area contributed by atoms with E-state index in [0.717, 1.165) is 11.3 Å². The molecule has 1 aromatic heterocycles. The van der Waals surface area contributed by atoms with Gasteiger partial charge >= 0.3 is 0 Å². The third-order valence-corrected chi connectivity index (χ3v) is 2.25. The van der Waals surface area contributed by atoms with Crippen molar-refractivity contribution in [3.8, 4) is 11.4 Å². The predicted octanol–water partition coefficient (Wildman–Crippen LogP) is 2.02. The molecule has 0 atom stereocenters. The van der Waals surface area contributed by atoms with Crippen LogP contribution in [0.5, 0.6) is 0 Å². The molecule has 0 aliphatic carbocycles. The summed E-state index contributed by atoms with van der Waals surface area (Å²) in [5.41, 5.74) is 2.25. The minimum Gasteiger partial charge on any atom is -0.390 e. The number of aliphatic hydroxyl groups excluding tert-OH is 1. The van der Waals surface area contributed by atoms with E-state index in [1.54, 1.807) is 12.1 Å². The molecule has 0 bridgehead atoms. The van der Waals surface area contributed by atoms with E-state index in [4.69, 9.17) is 5.11 Å². The lowest BCUT2D eigenvalue weighted by Crippen LogP contribution is -1.85. The Morgan fingerprint density at radius 2 is 2.00 bits per heavy atom. The number of aromatic nitrogens is 2. The van der Waals surface area contributed by atoms with Gasteiger partial charge in [-0.2, -0.15) is 0 Å². The van der Waals surface area contributed by atoms with Crippen molar-refractivity contribution < 1.29 is 9.50 Å². The zero-order valence-corrected chi connectivity index (χ0v) is 8.29. The number of benzene rings is 1. The zero-order chi connectivity index (χ0) is 10.8. The summed E-state index contributed by atoms with van der Waals surface area (Å²) in [6.07, 6.45) is 0. The van der Waals surface area contributed by atoms with E-state index >= 15 is 0 Å². The number of nitrogens with one attached hydrogen (secondary N) is 1. The Morgan fingerprint density at radius 3 is 2.53 bits per heavy atom. The van der Waals surface area contributed by atoms with Gasteiger partial charge in [-0.3, -0.25) is 0 Å². The third-order valence-electron chi connectivity index (χ3n) is 2.25. The smallest absolute Gasteiger partial charge is 0.137 e. The molecule has 3 nitrogen and oxygen atoms in total. The highest BCUT2D eigenvalue weighted by Gasteiger charge is 2.07. The molecule has 15 heavy (non-hydrogen) atoms. The normalized spacial score (nSPS) is 10.6. The summed E-state index contributed by atoms with van der Waals surface area (Å²) in [4.78, 5) is 7.24. The maximum Gasteiger partial charge on any atom is 0.137 e. The average molecular weight is 206 g/mol. The molecular weight excluding hydrogens is 195 g/mol. The van der Waals surface area contributed by atoms with E-state index in [2.05, 4.69) is 9.97 Å². The van der Waals surface area contributed by atoms with Gasteiger partial charge in [0.1, 0.15) is 11.6 Å².